The molecule has 0 amide bonds. The van der Waals surface area contributed by atoms with E-state index in [0.717, 1.165) is 24.0 Å². The van der Waals surface area contributed by atoms with Crippen molar-refractivity contribution in [3.63, 3.8) is 0 Å². The van der Waals surface area contributed by atoms with E-state index < -0.39 is 10.2 Å². The molecule has 5 nitrogen and oxygen atoms in total. The molecule has 6 heteroatoms. The number of hydrogen-bond acceptors (Lipinski definition) is 3. The summed E-state index contributed by atoms with van der Waals surface area (Å²) in [7, 11) is -3.40. The Morgan fingerprint density at radius 2 is 2.00 bits per heavy atom. The van der Waals surface area contributed by atoms with Gasteiger partial charge in [-0.25, -0.2) is 0 Å². The summed E-state index contributed by atoms with van der Waals surface area (Å²) in [6.45, 7) is 0.191. The Kier molecular flexibility index (Phi) is 3.78. The fraction of sp³-hybridized carbons (Fsp3) is 0.455. The van der Waals surface area contributed by atoms with E-state index in [1.165, 1.54) is 0 Å². The van der Waals surface area contributed by atoms with Crippen molar-refractivity contribution in [2.24, 2.45) is 0 Å². The number of aliphatic hydroxyl groups excluding tert-OH is 1. The van der Waals surface area contributed by atoms with Gasteiger partial charge < -0.3 is 5.11 Å². The highest BCUT2D eigenvalue weighted by atomic mass is 32.2. The molecule has 0 unspecified atom stereocenters. The molecule has 17 heavy (non-hydrogen) atoms. The summed E-state index contributed by atoms with van der Waals surface area (Å²) in [5.41, 5.74) is 1.61. The van der Waals surface area contributed by atoms with E-state index >= 15 is 0 Å². The van der Waals surface area contributed by atoms with Crippen LogP contribution in [0.25, 0.3) is 0 Å². The number of aliphatic hydroxyl groups is 1. The van der Waals surface area contributed by atoms with Gasteiger partial charge in [-0.1, -0.05) is 24.3 Å². The molecule has 0 saturated heterocycles. The Morgan fingerprint density at radius 3 is 2.65 bits per heavy atom. The predicted molar refractivity (Wildman–Crippen MR) is 64.3 cm³/mol. The second-order valence-electron chi connectivity index (χ2n) is 4.19. The standard InChI is InChI=1S/C11H16N2O3S/c14-8-10-3-1-2-9(6-10)7-12-17(15,16)13-11-4-5-11/h1-3,6,11-14H,4-5,7-8H2. The van der Waals surface area contributed by atoms with Gasteiger partial charge in [-0.15, -0.1) is 0 Å². The molecule has 0 aliphatic heterocycles. The maximum absolute atomic E-state index is 11.5. The third kappa shape index (κ3) is 4.08. The molecular formula is C11H16N2O3S. The molecule has 0 spiro atoms. The summed E-state index contributed by atoms with van der Waals surface area (Å²) in [4.78, 5) is 0. The first-order valence-electron chi connectivity index (χ1n) is 5.55. The van der Waals surface area contributed by atoms with Gasteiger partial charge in [0.25, 0.3) is 10.2 Å². The Balaban J connectivity index is 1.91. The maximum Gasteiger partial charge on any atom is 0.277 e. The maximum atomic E-state index is 11.5. The molecule has 0 heterocycles. The number of benzene rings is 1. The normalized spacial score (nSPS) is 16.1. The van der Waals surface area contributed by atoms with E-state index in [1.54, 1.807) is 18.2 Å². The molecule has 1 saturated carbocycles. The number of hydrogen-bond donors (Lipinski definition) is 3. The molecule has 1 fully saturated rings. The summed E-state index contributed by atoms with van der Waals surface area (Å²) < 4.78 is 28.1. The molecule has 2 rings (SSSR count). The molecule has 1 aliphatic carbocycles. The average molecular weight is 256 g/mol. The van der Waals surface area contributed by atoms with Gasteiger partial charge >= 0.3 is 0 Å². The summed E-state index contributed by atoms with van der Waals surface area (Å²) in [6, 6.07) is 7.29. The lowest BCUT2D eigenvalue weighted by atomic mass is 10.1. The Morgan fingerprint density at radius 1 is 1.29 bits per heavy atom. The average Bonchev–Trinajstić information content (AvgIpc) is 3.10. The highest BCUT2D eigenvalue weighted by molar-refractivity contribution is 7.87. The zero-order valence-corrected chi connectivity index (χ0v) is 10.2. The lowest BCUT2D eigenvalue weighted by molar-refractivity contribution is 0.281. The van der Waals surface area contributed by atoms with Crippen molar-refractivity contribution >= 4 is 10.2 Å². The van der Waals surface area contributed by atoms with Crippen LogP contribution in [0.1, 0.15) is 24.0 Å². The second-order valence-corrected chi connectivity index (χ2v) is 5.73. The van der Waals surface area contributed by atoms with Gasteiger partial charge in [-0.2, -0.15) is 17.9 Å². The largest absolute Gasteiger partial charge is 0.392 e. The van der Waals surface area contributed by atoms with Crippen molar-refractivity contribution in [2.75, 3.05) is 0 Å². The zero-order valence-electron chi connectivity index (χ0n) is 9.39. The van der Waals surface area contributed by atoms with E-state index in [0.29, 0.717) is 0 Å². The second kappa shape index (κ2) is 5.14. The fourth-order valence-corrected chi connectivity index (χ4v) is 2.59. The van der Waals surface area contributed by atoms with Crippen molar-refractivity contribution < 1.29 is 13.5 Å². The summed E-state index contributed by atoms with van der Waals surface area (Å²) >= 11 is 0. The van der Waals surface area contributed by atoms with Crippen molar-refractivity contribution in [2.45, 2.75) is 32.0 Å². The van der Waals surface area contributed by atoms with Crippen molar-refractivity contribution in [3.8, 4) is 0 Å². The molecule has 0 aromatic heterocycles. The van der Waals surface area contributed by atoms with Crippen LogP contribution < -0.4 is 9.44 Å². The Bertz CT molecular complexity index is 483. The van der Waals surface area contributed by atoms with Gasteiger partial charge in [0.1, 0.15) is 0 Å². The van der Waals surface area contributed by atoms with Crippen LogP contribution in [-0.4, -0.2) is 19.6 Å². The van der Waals surface area contributed by atoms with Crippen LogP contribution in [0.5, 0.6) is 0 Å². The predicted octanol–water partition coefficient (Wildman–Crippen LogP) is 0.265. The van der Waals surface area contributed by atoms with E-state index in [4.69, 9.17) is 5.11 Å². The van der Waals surface area contributed by atoms with E-state index in [2.05, 4.69) is 9.44 Å². The first kappa shape index (κ1) is 12.5. The summed E-state index contributed by atoms with van der Waals surface area (Å²) in [5, 5.41) is 8.97. The highest BCUT2D eigenvalue weighted by Gasteiger charge is 2.26. The highest BCUT2D eigenvalue weighted by Crippen LogP contribution is 2.19. The lowest BCUT2D eigenvalue weighted by Crippen LogP contribution is -2.37. The summed E-state index contributed by atoms with van der Waals surface area (Å²) in [6.07, 6.45) is 1.84. The minimum atomic E-state index is -3.40. The minimum absolute atomic E-state index is 0.0408. The lowest BCUT2D eigenvalue weighted by Gasteiger charge is -2.08. The Hall–Kier alpha value is -0.950. The SMILES string of the molecule is O=S(=O)(NCc1cccc(CO)c1)NC1CC1. The van der Waals surface area contributed by atoms with Crippen LogP contribution in [-0.2, 0) is 23.4 Å². The zero-order chi connectivity index (χ0) is 12.3. The van der Waals surface area contributed by atoms with Gasteiger partial charge in [0, 0.05) is 12.6 Å². The van der Waals surface area contributed by atoms with Crippen molar-refractivity contribution in [3.05, 3.63) is 35.4 Å². The molecule has 0 bridgehead atoms. The molecule has 1 aromatic rings. The van der Waals surface area contributed by atoms with E-state index in [-0.39, 0.29) is 19.2 Å². The minimum Gasteiger partial charge on any atom is -0.392 e. The smallest absolute Gasteiger partial charge is 0.277 e. The van der Waals surface area contributed by atoms with Crippen LogP contribution in [0.4, 0.5) is 0 Å². The topological polar surface area (TPSA) is 78.4 Å². The van der Waals surface area contributed by atoms with Gasteiger partial charge in [-0.3, -0.25) is 0 Å². The summed E-state index contributed by atoms with van der Waals surface area (Å²) in [5.74, 6) is 0. The quantitative estimate of drug-likeness (QED) is 0.683. The fourth-order valence-electron chi connectivity index (χ4n) is 1.48. The molecule has 0 atom stereocenters. The van der Waals surface area contributed by atoms with Crippen LogP contribution in [0.2, 0.25) is 0 Å². The molecule has 1 aliphatic rings. The molecular weight excluding hydrogens is 240 g/mol. The third-order valence-corrected chi connectivity index (χ3v) is 3.71. The number of nitrogens with one attached hydrogen (secondary N) is 2. The van der Waals surface area contributed by atoms with Crippen LogP contribution >= 0.6 is 0 Å². The molecule has 3 N–H and O–H groups in total. The van der Waals surface area contributed by atoms with Crippen LogP contribution in [0.15, 0.2) is 24.3 Å². The van der Waals surface area contributed by atoms with Crippen molar-refractivity contribution in [1.82, 2.24) is 9.44 Å². The van der Waals surface area contributed by atoms with Crippen molar-refractivity contribution in [1.29, 1.82) is 0 Å². The van der Waals surface area contributed by atoms with E-state index in [1.807, 2.05) is 6.07 Å². The number of rotatable bonds is 6. The Labute approximate surface area is 101 Å². The molecule has 0 radical (unpaired) electrons. The van der Waals surface area contributed by atoms with Crippen LogP contribution in [0.3, 0.4) is 0 Å². The first-order valence-corrected chi connectivity index (χ1v) is 7.03. The van der Waals surface area contributed by atoms with E-state index in [9.17, 15) is 8.42 Å². The van der Waals surface area contributed by atoms with Crippen LogP contribution in [0, 0.1) is 0 Å². The van der Waals surface area contributed by atoms with Gasteiger partial charge in [0.15, 0.2) is 0 Å². The van der Waals surface area contributed by atoms with Gasteiger partial charge in [0.05, 0.1) is 6.61 Å². The third-order valence-electron chi connectivity index (χ3n) is 2.54. The van der Waals surface area contributed by atoms with Gasteiger partial charge in [0.2, 0.25) is 0 Å². The monoisotopic (exact) mass is 256 g/mol. The van der Waals surface area contributed by atoms with Gasteiger partial charge in [-0.05, 0) is 24.0 Å². The first-order chi connectivity index (χ1) is 8.09. The molecule has 1 aromatic carbocycles. The molecule has 94 valence electrons.